The van der Waals surface area contributed by atoms with Crippen LogP contribution >= 0.6 is 0 Å². The minimum absolute atomic E-state index is 0.0575. The summed E-state index contributed by atoms with van der Waals surface area (Å²) in [6, 6.07) is 7.74. The summed E-state index contributed by atoms with van der Waals surface area (Å²) in [6.07, 6.45) is -1.74. The summed E-state index contributed by atoms with van der Waals surface area (Å²) in [4.78, 5) is 10.2. The minimum Gasteiger partial charge on any atom is -0.481 e. The Bertz CT molecular complexity index is 958. The largest absolute Gasteiger partial charge is 0.481 e. The van der Waals surface area contributed by atoms with Gasteiger partial charge in [-0.2, -0.15) is 13.2 Å². The summed E-state index contributed by atoms with van der Waals surface area (Å²) in [5.41, 5.74) is -0.440. The Labute approximate surface area is 178 Å². The molecular weight excluding hydrogens is 438 g/mol. The van der Waals surface area contributed by atoms with E-state index in [1.807, 2.05) is 0 Å². The fourth-order valence-electron chi connectivity index (χ4n) is 3.05. The second-order valence-corrected chi connectivity index (χ2v) is 8.81. The van der Waals surface area contributed by atoms with E-state index in [4.69, 9.17) is 5.11 Å². The van der Waals surface area contributed by atoms with Crippen LogP contribution in [0.4, 0.5) is 17.6 Å². The number of carboxylic acid groups (broad SMARTS) is 1. The van der Waals surface area contributed by atoms with Gasteiger partial charge in [-0.1, -0.05) is 31.4 Å². The van der Waals surface area contributed by atoms with Crippen LogP contribution in [0.5, 0.6) is 0 Å². The van der Waals surface area contributed by atoms with Crippen molar-refractivity contribution in [2.45, 2.75) is 55.6 Å². The van der Waals surface area contributed by atoms with Crippen molar-refractivity contribution in [3.05, 3.63) is 65.5 Å². The molecule has 1 atom stereocenters. The Balaban J connectivity index is 2.11. The first-order chi connectivity index (χ1) is 14.5. The Hall–Kier alpha value is -2.46. The van der Waals surface area contributed by atoms with Crippen molar-refractivity contribution in [1.82, 2.24) is 4.72 Å². The maximum atomic E-state index is 13.3. The molecule has 0 radical (unpaired) electrons. The zero-order valence-electron chi connectivity index (χ0n) is 16.5. The Morgan fingerprint density at radius 2 is 1.52 bits per heavy atom. The second kappa shape index (κ2) is 10.7. The van der Waals surface area contributed by atoms with Gasteiger partial charge in [-0.3, -0.25) is 4.79 Å². The zero-order valence-corrected chi connectivity index (χ0v) is 17.3. The molecular formula is C21H23F4NO4S. The Morgan fingerprint density at radius 3 is 2.06 bits per heavy atom. The smallest absolute Gasteiger partial charge is 0.416 e. The van der Waals surface area contributed by atoms with Crippen LogP contribution in [0.3, 0.4) is 0 Å². The summed E-state index contributed by atoms with van der Waals surface area (Å²) < 4.78 is 79.4. The minimum atomic E-state index is -4.58. The van der Waals surface area contributed by atoms with Crippen LogP contribution < -0.4 is 4.72 Å². The first-order valence-corrected chi connectivity index (χ1v) is 11.1. The monoisotopic (exact) mass is 461 g/mol. The van der Waals surface area contributed by atoms with Gasteiger partial charge in [0.1, 0.15) is 5.82 Å². The van der Waals surface area contributed by atoms with Gasteiger partial charge in [0, 0.05) is 12.5 Å². The molecule has 0 saturated heterocycles. The Morgan fingerprint density at radius 1 is 0.935 bits per heavy atom. The van der Waals surface area contributed by atoms with E-state index in [0.717, 1.165) is 12.1 Å². The number of nitrogens with one attached hydrogen (secondary N) is 1. The summed E-state index contributed by atoms with van der Waals surface area (Å²) in [7, 11) is -4.13. The van der Waals surface area contributed by atoms with Crippen LogP contribution in [0.1, 0.15) is 55.7 Å². The van der Waals surface area contributed by atoms with Gasteiger partial charge in [-0.25, -0.2) is 17.5 Å². The molecule has 2 aromatic carbocycles. The summed E-state index contributed by atoms with van der Waals surface area (Å²) in [6.45, 7) is 0. The maximum absolute atomic E-state index is 13.3. The fourth-order valence-corrected chi connectivity index (χ4v) is 4.30. The van der Waals surface area contributed by atoms with E-state index in [1.54, 1.807) is 0 Å². The molecule has 5 nitrogen and oxygen atoms in total. The van der Waals surface area contributed by atoms with Crippen LogP contribution in [-0.2, 0) is 21.0 Å². The molecule has 31 heavy (non-hydrogen) atoms. The molecule has 0 aliphatic carbocycles. The normalized spacial score (nSPS) is 13.2. The lowest BCUT2D eigenvalue weighted by atomic mass is 10.0. The molecule has 0 aromatic heterocycles. The molecule has 0 fully saturated rings. The number of benzene rings is 2. The lowest BCUT2D eigenvalue weighted by molar-refractivity contribution is -0.138. The Kier molecular flexibility index (Phi) is 8.58. The van der Waals surface area contributed by atoms with E-state index < -0.39 is 39.6 Å². The second-order valence-electron chi connectivity index (χ2n) is 7.09. The van der Waals surface area contributed by atoms with Crippen LogP contribution in [0.15, 0.2) is 53.4 Å². The first kappa shape index (κ1) is 24.8. The highest BCUT2D eigenvalue weighted by molar-refractivity contribution is 7.89. The quantitative estimate of drug-likeness (QED) is 0.352. The van der Waals surface area contributed by atoms with Crippen LogP contribution in [0, 0.1) is 5.82 Å². The number of halogens is 4. The average Bonchev–Trinajstić information content (AvgIpc) is 2.69. The third kappa shape index (κ3) is 7.95. The molecule has 170 valence electrons. The number of hydrogen-bond donors (Lipinski definition) is 2. The third-order valence-electron chi connectivity index (χ3n) is 4.70. The number of unbranched alkanes of at least 4 members (excludes halogenated alkanes) is 3. The van der Waals surface area contributed by atoms with Gasteiger partial charge in [0.05, 0.1) is 10.5 Å². The van der Waals surface area contributed by atoms with E-state index >= 15 is 0 Å². The molecule has 0 spiro atoms. The number of carbonyl (C=O) groups is 1. The van der Waals surface area contributed by atoms with Crippen molar-refractivity contribution >= 4 is 16.0 Å². The van der Waals surface area contributed by atoms with Crippen molar-refractivity contribution < 1.29 is 35.9 Å². The van der Waals surface area contributed by atoms with Gasteiger partial charge in [0.25, 0.3) is 0 Å². The predicted octanol–water partition coefficient (Wildman–Crippen LogP) is 5.29. The number of hydrogen-bond acceptors (Lipinski definition) is 3. The van der Waals surface area contributed by atoms with E-state index in [-0.39, 0.29) is 11.3 Å². The van der Waals surface area contributed by atoms with Crippen molar-refractivity contribution in [2.24, 2.45) is 0 Å². The van der Waals surface area contributed by atoms with E-state index in [1.165, 1.54) is 24.3 Å². The van der Waals surface area contributed by atoms with Gasteiger partial charge < -0.3 is 5.11 Å². The molecule has 2 aromatic rings. The highest BCUT2D eigenvalue weighted by Gasteiger charge is 2.31. The maximum Gasteiger partial charge on any atom is 0.416 e. The SMILES string of the molecule is O=C(O)CCCCCCC(NS(=O)(=O)c1ccc(C(F)(F)F)cc1)c1ccc(F)cc1. The molecule has 0 bridgehead atoms. The van der Waals surface area contributed by atoms with Gasteiger partial charge >= 0.3 is 12.1 Å². The third-order valence-corrected chi connectivity index (χ3v) is 6.18. The molecule has 0 aliphatic heterocycles. The number of alkyl halides is 3. The average molecular weight is 461 g/mol. The summed E-state index contributed by atoms with van der Waals surface area (Å²) >= 11 is 0. The number of aliphatic carboxylic acids is 1. The van der Waals surface area contributed by atoms with Crippen molar-refractivity contribution in [3.63, 3.8) is 0 Å². The molecule has 1 unspecified atom stereocenters. The van der Waals surface area contributed by atoms with Crippen LogP contribution in [0.2, 0.25) is 0 Å². The number of rotatable bonds is 11. The highest BCUT2D eigenvalue weighted by atomic mass is 32.2. The lowest BCUT2D eigenvalue weighted by Gasteiger charge is -2.20. The molecule has 2 N–H and O–H groups in total. The van der Waals surface area contributed by atoms with Crippen molar-refractivity contribution in [2.75, 3.05) is 0 Å². The van der Waals surface area contributed by atoms with Crippen LogP contribution in [-0.4, -0.2) is 19.5 Å². The van der Waals surface area contributed by atoms with Gasteiger partial charge in [-0.15, -0.1) is 0 Å². The molecule has 2 rings (SSSR count). The van der Waals surface area contributed by atoms with Gasteiger partial charge in [-0.05, 0) is 54.8 Å². The highest BCUT2D eigenvalue weighted by Crippen LogP contribution is 2.30. The topological polar surface area (TPSA) is 83.5 Å². The summed E-state index contributed by atoms with van der Waals surface area (Å²) in [5, 5.41) is 8.66. The van der Waals surface area contributed by atoms with E-state index in [2.05, 4.69) is 4.72 Å². The molecule has 0 aliphatic rings. The summed E-state index contributed by atoms with van der Waals surface area (Å²) in [5.74, 6) is -1.37. The van der Waals surface area contributed by atoms with E-state index in [9.17, 15) is 30.8 Å². The fraction of sp³-hybridized carbons (Fsp3) is 0.381. The standard InChI is InChI=1S/C21H23F4NO4S/c22-17-11-7-15(8-12-17)19(5-3-1-2-4-6-20(27)28)26-31(29,30)18-13-9-16(10-14-18)21(23,24)25/h7-14,19,26H,1-6H2,(H,27,28). The molecule has 0 amide bonds. The molecule has 10 heteroatoms. The van der Waals surface area contributed by atoms with Gasteiger partial charge in [0.15, 0.2) is 0 Å². The van der Waals surface area contributed by atoms with E-state index in [0.29, 0.717) is 49.8 Å². The van der Waals surface area contributed by atoms with Gasteiger partial charge in [0.2, 0.25) is 10.0 Å². The number of carboxylic acids is 1. The number of sulfonamides is 1. The van der Waals surface area contributed by atoms with Crippen LogP contribution in [0.25, 0.3) is 0 Å². The first-order valence-electron chi connectivity index (χ1n) is 9.66. The van der Waals surface area contributed by atoms with Crippen molar-refractivity contribution in [1.29, 1.82) is 0 Å². The predicted molar refractivity (Wildman–Crippen MR) is 106 cm³/mol. The zero-order chi connectivity index (χ0) is 23.1. The lowest BCUT2D eigenvalue weighted by Crippen LogP contribution is -2.29. The van der Waals surface area contributed by atoms with Crippen molar-refractivity contribution in [3.8, 4) is 0 Å². The molecule has 0 heterocycles. The molecule has 0 saturated carbocycles.